The largest absolute Gasteiger partial charge is 0.311 e. The van der Waals surface area contributed by atoms with Gasteiger partial charge in [-0.3, -0.25) is 0 Å². The summed E-state index contributed by atoms with van der Waals surface area (Å²) < 4.78 is 0. The van der Waals surface area contributed by atoms with Crippen molar-refractivity contribution in [2.75, 3.05) is 26.2 Å². The van der Waals surface area contributed by atoms with Crippen LogP contribution in [0.25, 0.3) is 0 Å². The lowest BCUT2D eigenvalue weighted by molar-refractivity contribution is 0.131. The van der Waals surface area contributed by atoms with Gasteiger partial charge in [0.25, 0.3) is 0 Å². The van der Waals surface area contributed by atoms with Crippen molar-refractivity contribution in [3.05, 3.63) is 0 Å². The molecule has 1 N–H and O–H groups in total. The summed E-state index contributed by atoms with van der Waals surface area (Å²) in [5.74, 6) is 1.84. The second-order valence-corrected chi connectivity index (χ2v) is 6.61. The van der Waals surface area contributed by atoms with E-state index >= 15 is 0 Å². The molecular formula is C16H32N2. The molecule has 0 amide bonds. The number of piperazine rings is 1. The van der Waals surface area contributed by atoms with E-state index in [0.29, 0.717) is 0 Å². The van der Waals surface area contributed by atoms with Crippen LogP contribution >= 0.6 is 0 Å². The maximum atomic E-state index is 3.78. The number of rotatable bonds is 5. The van der Waals surface area contributed by atoms with Crippen molar-refractivity contribution >= 4 is 0 Å². The van der Waals surface area contributed by atoms with Crippen molar-refractivity contribution in [1.82, 2.24) is 10.2 Å². The molecule has 0 aromatic heterocycles. The highest BCUT2D eigenvalue weighted by atomic mass is 15.2. The first kappa shape index (κ1) is 14.3. The lowest BCUT2D eigenvalue weighted by Crippen LogP contribution is -2.54. The Kier molecular flexibility index (Phi) is 5.97. The highest BCUT2D eigenvalue weighted by molar-refractivity contribution is 4.86. The molecule has 1 saturated carbocycles. The first-order valence-corrected chi connectivity index (χ1v) is 8.25. The van der Waals surface area contributed by atoms with E-state index in [9.17, 15) is 0 Å². The molecule has 2 unspecified atom stereocenters. The normalized spacial score (nSPS) is 29.3. The van der Waals surface area contributed by atoms with E-state index < -0.39 is 0 Å². The molecule has 2 atom stereocenters. The van der Waals surface area contributed by atoms with Gasteiger partial charge in [-0.1, -0.05) is 39.5 Å². The minimum absolute atomic E-state index is 0.785. The topological polar surface area (TPSA) is 15.3 Å². The quantitative estimate of drug-likeness (QED) is 0.808. The summed E-state index contributed by atoms with van der Waals surface area (Å²) in [6, 6.07) is 0.785. The maximum Gasteiger partial charge on any atom is 0.0223 e. The zero-order valence-electron chi connectivity index (χ0n) is 12.5. The Labute approximate surface area is 114 Å². The maximum absolute atomic E-state index is 3.78. The van der Waals surface area contributed by atoms with Crippen LogP contribution in [0.5, 0.6) is 0 Å². The smallest absolute Gasteiger partial charge is 0.0223 e. The third kappa shape index (κ3) is 4.24. The van der Waals surface area contributed by atoms with Gasteiger partial charge in [0.15, 0.2) is 0 Å². The lowest BCUT2D eigenvalue weighted by atomic mass is 9.83. The van der Waals surface area contributed by atoms with Crippen LogP contribution in [0.2, 0.25) is 0 Å². The van der Waals surface area contributed by atoms with Gasteiger partial charge >= 0.3 is 0 Å². The first-order chi connectivity index (χ1) is 8.79. The van der Waals surface area contributed by atoms with Crippen LogP contribution < -0.4 is 5.32 Å². The molecule has 0 aromatic carbocycles. The Morgan fingerprint density at radius 2 is 2.00 bits per heavy atom. The Morgan fingerprint density at radius 3 is 2.72 bits per heavy atom. The molecule has 2 rings (SSSR count). The fraction of sp³-hybridized carbons (Fsp3) is 1.00. The summed E-state index contributed by atoms with van der Waals surface area (Å²) in [5, 5.41) is 3.78. The second-order valence-electron chi connectivity index (χ2n) is 6.61. The van der Waals surface area contributed by atoms with Crippen molar-refractivity contribution in [2.45, 2.75) is 64.8 Å². The van der Waals surface area contributed by atoms with E-state index in [0.717, 1.165) is 17.9 Å². The second kappa shape index (κ2) is 7.49. The predicted molar refractivity (Wildman–Crippen MR) is 78.9 cm³/mol. The molecule has 1 aliphatic carbocycles. The average molecular weight is 252 g/mol. The van der Waals surface area contributed by atoms with Crippen LogP contribution in [-0.2, 0) is 0 Å². The van der Waals surface area contributed by atoms with E-state index in [4.69, 9.17) is 0 Å². The summed E-state index contributed by atoms with van der Waals surface area (Å²) >= 11 is 0. The molecular weight excluding hydrogens is 220 g/mol. The molecule has 2 aliphatic rings. The first-order valence-electron chi connectivity index (χ1n) is 8.25. The standard InChI is InChI=1S/C16H32N2/c1-3-7-14(2)12-18-11-10-17-16(13-18)15-8-5-4-6-9-15/h14-17H,3-13H2,1-2H3. The Balaban J connectivity index is 1.76. The van der Waals surface area contributed by atoms with Gasteiger partial charge in [0.05, 0.1) is 0 Å². The molecule has 0 bridgehead atoms. The molecule has 0 spiro atoms. The predicted octanol–water partition coefficient (Wildman–Crippen LogP) is 3.28. The van der Waals surface area contributed by atoms with Crippen LogP contribution in [-0.4, -0.2) is 37.1 Å². The molecule has 2 heteroatoms. The molecule has 1 heterocycles. The van der Waals surface area contributed by atoms with Crippen molar-refractivity contribution in [2.24, 2.45) is 11.8 Å². The van der Waals surface area contributed by atoms with Crippen molar-refractivity contribution in [3.8, 4) is 0 Å². The molecule has 18 heavy (non-hydrogen) atoms. The van der Waals surface area contributed by atoms with E-state index in [1.54, 1.807) is 0 Å². The monoisotopic (exact) mass is 252 g/mol. The highest BCUT2D eigenvalue weighted by Gasteiger charge is 2.28. The van der Waals surface area contributed by atoms with Gasteiger partial charge in [-0.05, 0) is 31.1 Å². The van der Waals surface area contributed by atoms with E-state index in [1.807, 2.05) is 0 Å². The molecule has 0 aromatic rings. The van der Waals surface area contributed by atoms with Crippen molar-refractivity contribution < 1.29 is 0 Å². The minimum Gasteiger partial charge on any atom is -0.311 e. The lowest BCUT2D eigenvalue weighted by Gasteiger charge is -2.40. The zero-order chi connectivity index (χ0) is 12.8. The van der Waals surface area contributed by atoms with Gasteiger partial charge in [-0.2, -0.15) is 0 Å². The molecule has 2 nitrogen and oxygen atoms in total. The van der Waals surface area contributed by atoms with E-state index in [-0.39, 0.29) is 0 Å². The number of hydrogen-bond acceptors (Lipinski definition) is 2. The Morgan fingerprint density at radius 1 is 1.22 bits per heavy atom. The summed E-state index contributed by atoms with van der Waals surface area (Å²) in [6.45, 7) is 9.81. The molecule has 0 radical (unpaired) electrons. The van der Waals surface area contributed by atoms with Gasteiger partial charge in [-0.15, -0.1) is 0 Å². The Hall–Kier alpha value is -0.0800. The van der Waals surface area contributed by atoms with E-state index in [2.05, 4.69) is 24.1 Å². The molecule has 1 saturated heterocycles. The zero-order valence-corrected chi connectivity index (χ0v) is 12.5. The van der Waals surface area contributed by atoms with Gasteiger partial charge < -0.3 is 10.2 Å². The van der Waals surface area contributed by atoms with Gasteiger partial charge in [0.1, 0.15) is 0 Å². The van der Waals surface area contributed by atoms with E-state index in [1.165, 1.54) is 71.1 Å². The number of nitrogens with one attached hydrogen (secondary N) is 1. The van der Waals surface area contributed by atoms with Crippen LogP contribution in [0.3, 0.4) is 0 Å². The Bertz CT molecular complexity index is 223. The summed E-state index contributed by atoms with van der Waals surface area (Å²) in [6.07, 6.45) is 10.1. The van der Waals surface area contributed by atoms with Crippen LogP contribution in [0, 0.1) is 11.8 Å². The number of hydrogen-bond donors (Lipinski definition) is 1. The summed E-state index contributed by atoms with van der Waals surface area (Å²) in [4.78, 5) is 2.72. The third-order valence-corrected chi connectivity index (χ3v) is 4.86. The van der Waals surface area contributed by atoms with Gasteiger partial charge in [0, 0.05) is 32.2 Å². The van der Waals surface area contributed by atoms with Crippen molar-refractivity contribution in [3.63, 3.8) is 0 Å². The summed E-state index contributed by atoms with van der Waals surface area (Å²) in [7, 11) is 0. The number of nitrogens with zero attached hydrogens (tertiary/aromatic N) is 1. The fourth-order valence-corrected chi connectivity index (χ4v) is 3.89. The molecule has 2 fully saturated rings. The minimum atomic E-state index is 0.785. The van der Waals surface area contributed by atoms with Crippen LogP contribution in [0.1, 0.15) is 58.8 Å². The van der Waals surface area contributed by atoms with Gasteiger partial charge in [-0.25, -0.2) is 0 Å². The molecule has 106 valence electrons. The van der Waals surface area contributed by atoms with Gasteiger partial charge in [0.2, 0.25) is 0 Å². The SMILES string of the molecule is CCCC(C)CN1CCNC(C2CCCCC2)C1. The highest BCUT2D eigenvalue weighted by Crippen LogP contribution is 2.27. The van der Waals surface area contributed by atoms with Crippen molar-refractivity contribution in [1.29, 1.82) is 0 Å². The van der Waals surface area contributed by atoms with Crippen LogP contribution in [0.15, 0.2) is 0 Å². The average Bonchev–Trinajstić information content (AvgIpc) is 2.40. The summed E-state index contributed by atoms with van der Waals surface area (Å²) in [5.41, 5.74) is 0. The van der Waals surface area contributed by atoms with Crippen LogP contribution in [0.4, 0.5) is 0 Å². The molecule has 1 aliphatic heterocycles. The fourth-order valence-electron chi connectivity index (χ4n) is 3.89. The third-order valence-electron chi connectivity index (χ3n) is 4.86.